The monoisotopic (exact) mass is 161 g/mol. The van der Waals surface area contributed by atoms with Crippen LogP contribution < -0.4 is 4.74 Å². The van der Waals surface area contributed by atoms with Gasteiger partial charge < -0.3 is 4.74 Å². The van der Waals surface area contributed by atoms with Crippen LogP contribution in [0.2, 0.25) is 0 Å². The molecule has 0 N–H and O–H groups in total. The zero-order valence-corrected chi connectivity index (χ0v) is 7.29. The second-order valence-corrected chi connectivity index (χ2v) is 2.49. The fourth-order valence-electron chi connectivity index (χ4n) is 1.10. The van der Waals surface area contributed by atoms with Crippen molar-refractivity contribution in [3.05, 3.63) is 29.3 Å². The highest BCUT2D eigenvalue weighted by Gasteiger charge is 2.00. The third kappa shape index (κ3) is 1.57. The van der Waals surface area contributed by atoms with Crippen LogP contribution in [0.4, 0.5) is 0 Å². The zero-order chi connectivity index (χ0) is 8.97. The molecule has 12 heavy (non-hydrogen) atoms. The molecule has 0 bridgehead atoms. The fraction of sp³-hybridized carbons (Fsp3) is 0.300. The first kappa shape index (κ1) is 8.61. The summed E-state index contributed by atoms with van der Waals surface area (Å²) >= 11 is 0. The van der Waals surface area contributed by atoms with Crippen molar-refractivity contribution in [3.63, 3.8) is 0 Å². The van der Waals surface area contributed by atoms with Gasteiger partial charge in [0.25, 0.3) is 0 Å². The number of hydrogen-bond acceptors (Lipinski definition) is 2. The molecule has 0 spiro atoms. The van der Waals surface area contributed by atoms with Crippen molar-refractivity contribution < 1.29 is 4.74 Å². The van der Waals surface area contributed by atoms with Crippen molar-refractivity contribution >= 4 is 0 Å². The second kappa shape index (κ2) is 3.77. The van der Waals surface area contributed by atoms with Gasteiger partial charge in [0.15, 0.2) is 0 Å². The van der Waals surface area contributed by atoms with Crippen molar-refractivity contribution in [1.29, 1.82) is 5.26 Å². The van der Waals surface area contributed by atoms with E-state index in [0.717, 1.165) is 23.3 Å². The number of nitriles is 1. The van der Waals surface area contributed by atoms with Crippen molar-refractivity contribution in [2.24, 2.45) is 0 Å². The topological polar surface area (TPSA) is 33.0 Å². The van der Waals surface area contributed by atoms with E-state index in [-0.39, 0.29) is 0 Å². The fourth-order valence-corrected chi connectivity index (χ4v) is 1.10. The summed E-state index contributed by atoms with van der Waals surface area (Å²) in [7, 11) is 1.63. The first-order valence-corrected chi connectivity index (χ1v) is 3.88. The average Bonchev–Trinajstić information content (AvgIpc) is 2.16. The minimum absolute atomic E-state index is 0.735. The highest BCUT2D eigenvalue weighted by molar-refractivity contribution is 5.42. The third-order valence-corrected chi connectivity index (χ3v) is 1.81. The van der Waals surface area contributed by atoms with Gasteiger partial charge in [0.05, 0.1) is 18.7 Å². The summed E-state index contributed by atoms with van der Waals surface area (Å²) in [6.07, 6.45) is 0.861. The number of benzene rings is 1. The highest BCUT2D eigenvalue weighted by Crippen LogP contribution is 2.17. The van der Waals surface area contributed by atoms with Gasteiger partial charge in [-0.05, 0) is 30.2 Å². The number of hydrogen-bond donors (Lipinski definition) is 0. The van der Waals surface area contributed by atoms with E-state index >= 15 is 0 Å². The van der Waals surface area contributed by atoms with E-state index in [2.05, 4.69) is 6.07 Å². The summed E-state index contributed by atoms with van der Waals surface area (Å²) in [6, 6.07) is 7.64. The summed E-state index contributed by atoms with van der Waals surface area (Å²) in [6.45, 7) is 2.02. The van der Waals surface area contributed by atoms with Crippen molar-refractivity contribution in [2.75, 3.05) is 7.11 Å². The number of rotatable bonds is 2. The maximum atomic E-state index is 8.72. The van der Waals surface area contributed by atoms with Gasteiger partial charge in [0.1, 0.15) is 5.75 Å². The average molecular weight is 161 g/mol. The lowest BCUT2D eigenvalue weighted by molar-refractivity contribution is 0.414. The van der Waals surface area contributed by atoms with Gasteiger partial charge in [-0.15, -0.1) is 0 Å². The van der Waals surface area contributed by atoms with Crippen molar-refractivity contribution in [2.45, 2.75) is 13.3 Å². The molecule has 2 heteroatoms. The smallest absolute Gasteiger partial charge is 0.119 e. The summed E-state index contributed by atoms with van der Waals surface area (Å²) in [4.78, 5) is 0. The molecule has 0 aliphatic carbocycles. The molecule has 0 aromatic heterocycles. The molecule has 0 saturated carbocycles. The van der Waals surface area contributed by atoms with Gasteiger partial charge in [-0.2, -0.15) is 5.26 Å². The Hall–Kier alpha value is -1.49. The number of aryl methyl sites for hydroxylation is 1. The minimum Gasteiger partial charge on any atom is -0.497 e. The summed E-state index contributed by atoms with van der Waals surface area (Å²) < 4.78 is 5.05. The lowest BCUT2D eigenvalue weighted by atomic mass is 10.1. The molecular formula is C10H11NO. The van der Waals surface area contributed by atoms with Crippen LogP contribution in [0.3, 0.4) is 0 Å². The van der Waals surface area contributed by atoms with Crippen LogP contribution in [0.5, 0.6) is 5.75 Å². The van der Waals surface area contributed by atoms with Crippen LogP contribution in [-0.2, 0) is 6.42 Å². The van der Waals surface area contributed by atoms with E-state index in [9.17, 15) is 0 Å². The normalized spacial score (nSPS) is 9.08. The van der Waals surface area contributed by atoms with Crippen LogP contribution in [0.1, 0.15) is 18.1 Å². The lowest BCUT2D eigenvalue weighted by Gasteiger charge is -2.03. The molecule has 1 rings (SSSR count). The largest absolute Gasteiger partial charge is 0.497 e. The maximum absolute atomic E-state index is 8.72. The standard InChI is InChI=1S/C10H11NO/c1-3-8-6-10(12-2)5-4-9(8)7-11/h4-6H,3H2,1-2H3. The third-order valence-electron chi connectivity index (χ3n) is 1.81. The van der Waals surface area contributed by atoms with E-state index in [1.54, 1.807) is 19.2 Å². The molecule has 1 aromatic carbocycles. The van der Waals surface area contributed by atoms with E-state index in [1.165, 1.54) is 0 Å². The molecule has 62 valence electrons. The maximum Gasteiger partial charge on any atom is 0.119 e. The van der Waals surface area contributed by atoms with E-state index in [1.807, 2.05) is 13.0 Å². The van der Waals surface area contributed by atoms with Crippen LogP contribution >= 0.6 is 0 Å². The molecule has 0 saturated heterocycles. The SMILES string of the molecule is CCc1cc(OC)ccc1C#N. The Morgan fingerprint density at radius 1 is 1.50 bits per heavy atom. The highest BCUT2D eigenvalue weighted by atomic mass is 16.5. The predicted molar refractivity (Wildman–Crippen MR) is 47.1 cm³/mol. The van der Waals surface area contributed by atoms with Crippen LogP contribution in [0.15, 0.2) is 18.2 Å². The molecule has 0 fully saturated rings. The molecule has 0 amide bonds. The second-order valence-electron chi connectivity index (χ2n) is 2.49. The van der Waals surface area contributed by atoms with Gasteiger partial charge in [0, 0.05) is 0 Å². The Morgan fingerprint density at radius 3 is 2.75 bits per heavy atom. The van der Waals surface area contributed by atoms with Gasteiger partial charge in [0.2, 0.25) is 0 Å². The van der Waals surface area contributed by atoms with Gasteiger partial charge >= 0.3 is 0 Å². The van der Waals surface area contributed by atoms with E-state index in [0.29, 0.717) is 0 Å². The van der Waals surface area contributed by atoms with Gasteiger partial charge in [-0.1, -0.05) is 6.92 Å². The number of ether oxygens (including phenoxy) is 1. The summed E-state index contributed by atoms with van der Waals surface area (Å²) in [5.74, 6) is 0.811. The Labute approximate surface area is 72.4 Å². The molecule has 0 atom stereocenters. The zero-order valence-electron chi connectivity index (χ0n) is 7.29. The number of nitrogens with zero attached hydrogens (tertiary/aromatic N) is 1. The summed E-state index contributed by atoms with van der Waals surface area (Å²) in [5.41, 5.74) is 1.77. The molecule has 0 radical (unpaired) electrons. The molecule has 0 heterocycles. The molecule has 0 aliphatic rings. The van der Waals surface area contributed by atoms with Crippen molar-refractivity contribution in [1.82, 2.24) is 0 Å². The predicted octanol–water partition coefficient (Wildman–Crippen LogP) is 2.13. The lowest BCUT2D eigenvalue weighted by Crippen LogP contribution is -1.89. The molecular weight excluding hydrogens is 150 g/mol. The molecule has 1 aromatic rings. The van der Waals surface area contributed by atoms with E-state index < -0.39 is 0 Å². The Morgan fingerprint density at radius 2 is 2.25 bits per heavy atom. The molecule has 2 nitrogen and oxygen atoms in total. The Bertz CT molecular complexity index is 312. The van der Waals surface area contributed by atoms with Gasteiger partial charge in [-0.3, -0.25) is 0 Å². The first-order valence-electron chi connectivity index (χ1n) is 3.88. The summed E-state index contributed by atoms with van der Waals surface area (Å²) in [5, 5.41) is 8.72. The van der Waals surface area contributed by atoms with Crippen LogP contribution in [-0.4, -0.2) is 7.11 Å². The van der Waals surface area contributed by atoms with Crippen molar-refractivity contribution in [3.8, 4) is 11.8 Å². The Balaban J connectivity index is 3.13. The van der Waals surface area contributed by atoms with Gasteiger partial charge in [-0.25, -0.2) is 0 Å². The quantitative estimate of drug-likeness (QED) is 0.665. The molecule has 0 aliphatic heterocycles. The van der Waals surface area contributed by atoms with Crippen LogP contribution in [0, 0.1) is 11.3 Å². The Kier molecular flexibility index (Phi) is 2.71. The first-order chi connectivity index (χ1) is 5.81. The van der Waals surface area contributed by atoms with Crippen LogP contribution in [0.25, 0.3) is 0 Å². The molecule has 0 unspecified atom stereocenters. The minimum atomic E-state index is 0.735. The number of methoxy groups -OCH3 is 1. The van der Waals surface area contributed by atoms with E-state index in [4.69, 9.17) is 10.00 Å².